The Kier molecular flexibility index (Phi) is 1.92. The Balaban J connectivity index is 2.56. The van der Waals surface area contributed by atoms with Crippen LogP contribution in [0, 0.1) is 6.92 Å². The first kappa shape index (κ1) is 9.57. The molecule has 1 amide bonds. The van der Waals surface area contributed by atoms with Gasteiger partial charge in [-0.15, -0.1) is 0 Å². The summed E-state index contributed by atoms with van der Waals surface area (Å²) in [7, 11) is 0. The van der Waals surface area contributed by atoms with Gasteiger partial charge in [-0.25, -0.2) is 4.99 Å². The van der Waals surface area contributed by atoms with Gasteiger partial charge < -0.3 is 5.73 Å². The second-order valence-corrected chi connectivity index (χ2v) is 3.51. The number of rotatable bonds is 1. The number of carbonyl (C=O) groups is 1. The van der Waals surface area contributed by atoms with Gasteiger partial charge in [0.15, 0.2) is 11.5 Å². The zero-order valence-electron chi connectivity index (χ0n) is 8.48. The average molecular weight is 205 g/mol. The third-order valence-corrected chi connectivity index (χ3v) is 2.37. The third kappa shape index (κ3) is 1.34. The predicted octanol–water partition coefficient (Wildman–Crippen LogP) is -0.555. The van der Waals surface area contributed by atoms with Gasteiger partial charge >= 0.3 is 0 Å². The van der Waals surface area contributed by atoms with Crippen molar-refractivity contribution in [3.05, 3.63) is 23.8 Å². The molecule has 1 aromatic heterocycles. The molecule has 1 atom stereocenters. The fourth-order valence-electron chi connectivity index (χ4n) is 1.60. The summed E-state index contributed by atoms with van der Waals surface area (Å²) in [6.45, 7) is 3.45. The van der Waals surface area contributed by atoms with Gasteiger partial charge in [-0.2, -0.15) is 0 Å². The van der Waals surface area contributed by atoms with Crippen molar-refractivity contribution >= 4 is 11.9 Å². The van der Waals surface area contributed by atoms with Crippen molar-refractivity contribution in [3.8, 4) is 0 Å². The van der Waals surface area contributed by atoms with Gasteiger partial charge in [-0.05, 0) is 13.8 Å². The Labute approximate surface area is 86.6 Å². The number of carbonyl (C=O) groups excluding carboxylic acids is 1. The summed E-state index contributed by atoms with van der Waals surface area (Å²) >= 11 is 0. The number of nitrogens with one attached hydrogen (secondary N) is 1. The number of aliphatic imine (C=N–C) groups is 1. The molecule has 1 aliphatic heterocycles. The van der Waals surface area contributed by atoms with Crippen molar-refractivity contribution in [1.29, 1.82) is 0 Å². The highest BCUT2D eigenvalue weighted by Gasteiger charge is 2.42. The van der Waals surface area contributed by atoms with E-state index in [0.29, 0.717) is 11.4 Å². The summed E-state index contributed by atoms with van der Waals surface area (Å²) in [5.74, 6) is -0.156. The van der Waals surface area contributed by atoms with E-state index in [9.17, 15) is 4.79 Å². The topological polar surface area (TPSA) is 93.3 Å². The Hall–Kier alpha value is -1.98. The maximum Gasteiger partial charge on any atom is 0.260 e. The van der Waals surface area contributed by atoms with Crippen LogP contribution in [0.4, 0.5) is 0 Å². The van der Waals surface area contributed by atoms with Gasteiger partial charge in [0, 0.05) is 12.4 Å². The predicted molar refractivity (Wildman–Crippen MR) is 53.9 cm³/mol. The van der Waals surface area contributed by atoms with Crippen LogP contribution in [0.3, 0.4) is 0 Å². The third-order valence-electron chi connectivity index (χ3n) is 2.37. The molecule has 0 aliphatic carbocycles. The van der Waals surface area contributed by atoms with Gasteiger partial charge in [-0.3, -0.25) is 20.1 Å². The molecule has 2 rings (SSSR count). The van der Waals surface area contributed by atoms with E-state index in [-0.39, 0.29) is 11.9 Å². The lowest BCUT2D eigenvalue weighted by Crippen LogP contribution is -2.38. The lowest BCUT2D eigenvalue weighted by molar-refractivity contribution is -0.123. The minimum Gasteiger partial charge on any atom is -0.370 e. The first-order valence-corrected chi connectivity index (χ1v) is 4.49. The fraction of sp³-hybridized carbons (Fsp3) is 0.333. The normalized spacial score (nSPS) is 24.9. The minimum absolute atomic E-state index is 0.118. The number of nitrogens with two attached hydrogens (primary N) is 1. The summed E-state index contributed by atoms with van der Waals surface area (Å²) < 4.78 is 0. The maximum atomic E-state index is 11.7. The summed E-state index contributed by atoms with van der Waals surface area (Å²) in [5, 5.41) is 2.45. The SMILES string of the molecule is Cc1nccnc1C1(C)N=C(N)NC1=O. The molecule has 0 spiro atoms. The first-order valence-electron chi connectivity index (χ1n) is 4.49. The van der Waals surface area contributed by atoms with Crippen LogP contribution in [0.25, 0.3) is 0 Å². The van der Waals surface area contributed by atoms with Gasteiger partial charge in [0.25, 0.3) is 5.91 Å². The van der Waals surface area contributed by atoms with Crippen LogP contribution in [0.15, 0.2) is 17.4 Å². The largest absolute Gasteiger partial charge is 0.370 e. The molecule has 1 aliphatic rings. The molecule has 0 aromatic carbocycles. The Bertz CT molecular complexity index is 456. The molecule has 0 saturated heterocycles. The van der Waals surface area contributed by atoms with Crippen molar-refractivity contribution in [2.75, 3.05) is 0 Å². The van der Waals surface area contributed by atoms with Crippen molar-refractivity contribution < 1.29 is 4.79 Å². The molecular weight excluding hydrogens is 194 g/mol. The van der Waals surface area contributed by atoms with Crippen molar-refractivity contribution in [2.24, 2.45) is 10.7 Å². The van der Waals surface area contributed by atoms with Gasteiger partial charge in [0.05, 0.1) is 11.4 Å². The highest BCUT2D eigenvalue weighted by molar-refractivity contribution is 6.06. The Morgan fingerprint density at radius 3 is 2.60 bits per heavy atom. The molecule has 3 N–H and O–H groups in total. The second-order valence-electron chi connectivity index (χ2n) is 3.51. The lowest BCUT2D eigenvalue weighted by Gasteiger charge is -2.17. The molecule has 0 radical (unpaired) electrons. The molecule has 0 fully saturated rings. The van der Waals surface area contributed by atoms with Crippen LogP contribution in [-0.4, -0.2) is 21.8 Å². The molecular formula is C9H11N5O. The number of guanidine groups is 1. The van der Waals surface area contributed by atoms with E-state index < -0.39 is 5.54 Å². The van der Waals surface area contributed by atoms with Crippen molar-refractivity contribution in [1.82, 2.24) is 15.3 Å². The number of hydrogen-bond acceptors (Lipinski definition) is 5. The Morgan fingerprint density at radius 1 is 1.40 bits per heavy atom. The first-order chi connectivity index (χ1) is 7.04. The van der Waals surface area contributed by atoms with E-state index in [1.807, 2.05) is 0 Å². The van der Waals surface area contributed by atoms with Gasteiger partial charge in [-0.1, -0.05) is 0 Å². The van der Waals surface area contributed by atoms with Crippen LogP contribution in [-0.2, 0) is 10.3 Å². The molecule has 0 saturated carbocycles. The van der Waals surface area contributed by atoms with E-state index in [2.05, 4.69) is 20.3 Å². The number of hydrogen-bond donors (Lipinski definition) is 2. The molecule has 6 nitrogen and oxygen atoms in total. The number of amides is 1. The van der Waals surface area contributed by atoms with Crippen molar-refractivity contribution in [3.63, 3.8) is 0 Å². The maximum absolute atomic E-state index is 11.7. The molecule has 2 heterocycles. The number of aryl methyl sites for hydroxylation is 1. The molecule has 78 valence electrons. The number of nitrogens with zero attached hydrogens (tertiary/aromatic N) is 3. The molecule has 0 bridgehead atoms. The van der Waals surface area contributed by atoms with E-state index in [0.717, 1.165) is 0 Å². The standard InChI is InChI=1S/C9H11N5O/c1-5-6(12-4-3-11-5)9(2)7(15)13-8(10)14-9/h3-4H,1-2H3,(H3,10,13,14,15). The molecule has 1 unspecified atom stereocenters. The zero-order chi connectivity index (χ0) is 11.1. The quantitative estimate of drug-likeness (QED) is 0.643. The highest BCUT2D eigenvalue weighted by atomic mass is 16.2. The summed E-state index contributed by atoms with van der Waals surface area (Å²) in [6.07, 6.45) is 3.10. The van der Waals surface area contributed by atoms with Gasteiger partial charge in [0.2, 0.25) is 0 Å². The second kappa shape index (κ2) is 3.01. The van der Waals surface area contributed by atoms with E-state index in [1.165, 1.54) is 6.20 Å². The minimum atomic E-state index is -1.05. The average Bonchev–Trinajstić information content (AvgIpc) is 2.42. The Morgan fingerprint density at radius 2 is 2.07 bits per heavy atom. The van der Waals surface area contributed by atoms with Gasteiger partial charge in [0.1, 0.15) is 0 Å². The number of aromatic nitrogens is 2. The molecule has 15 heavy (non-hydrogen) atoms. The van der Waals surface area contributed by atoms with E-state index in [4.69, 9.17) is 5.73 Å². The smallest absolute Gasteiger partial charge is 0.260 e. The monoisotopic (exact) mass is 205 g/mol. The van der Waals surface area contributed by atoms with Crippen LogP contribution in [0.2, 0.25) is 0 Å². The van der Waals surface area contributed by atoms with E-state index >= 15 is 0 Å². The van der Waals surface area contributed by atoms with Crippen LogP contribution in [0.1, 0.15) is 18.3 Å². The fourth-order valence-corrected chi connectivity index (χ4v) is 1.60. The molecule has 6 heteroatoms. The van der Waals surface area contributed by atoms with Crippen LogP contribution in [0.5, 0.6) is 0 Å². The van der Waals surface area contributed by atoms with E-state index in [1.54, 1.807) is 20.0 Å². The summed E-state index contributed by atoms with van der Waals surface area (Å²) in [4.78, 5) is 24.0. The summed E-state index contributed by atoms with van der Waals surface area (Å²) in [5.41, 5.74) is 5.61. The zero-order valence-corrected chi connectivity index (χ0v) is 8.48. The van der Waals surface area contributed by atoms with Crippen LogP contribution < -0.4 is 11.1 Å². The lowest BCUT2D eigenvalue weighted by atomic mass is 9.96. The van der Waals surface area contributed by atoms with Crippen LogP contribution >= 0.6 is 0 Å². The highest BCUT2D eigenvalue weighted by Crippen LogP contribution is 2.28. The molecule has 1 aromatic rings. The van der Waals surface area contributed by atoms with Crippen molar-refractivity contribution in [2.45, 2.75) is 19.4 Å². The summed E-state index contributed by atoms with van der Waals surface area (Å²) in [6, 6.07) is 0.